The maximum absolute atomic E-state index is 4.20. The van der Waals surface area contributed by atoms with Crippen LogP contribution < -0.4 is 0 Å². The third-order valence-corrected chi connectivity index (χ3v) is 2.08. The largest absolute Gasteiger partial charge is 0.269 e. The first kappa shape index (κ1) is 10.3. The number of hydrogen-bond donors (Lipinski definition) is 0. The normalized spacial score (nSPS) is 11.1. The van der Waals surface area contributed by atoms with E-state index in [1.807, 2.05) is 6.07 Å². The Morgan fingerprint density at radius 3 is 2.92 bits per heavy atom. The van der Waals surface area contributed by atoms with Crippen molar-refractivity contribution in [3.8, 4) is 0 Å². The molecule has 2 nitrogen and oxygen atoms in total. The molecule has 1 aromatic rings. The summed E-state index contributed by atoms with van der Waals surface area (Å²) in [5.41, 5.74) is 1.32. The van der Waals surface area contributed by atoms with E-state index < -0.39 is 0 Å². The molecule has 0 atom stereocenters. The van der Waals surface area contributed by atoms with Crippen molar-refractivity contribution >= 4 is 0 Å². The van der Waals surface area contributed by atoms with Gasteiger partial charge in [0.15, 0.2) is 0 Å². The highest BCUT2D eigenvalue weighted by molar-refractivity contribution is 5.00. The highest BCUT2D eigenvalue weighted by Crippen LogP contribution is 2.07. The Labute approximate surface area is 81.0 Å². The zero-order chi connectivity index (χ0) is 9.68. The second-order valence-corrected chi connectivity index (χ2v) is 3.94. The highest BCUT2D eigenvalue weighted by Gasteiger charge is 2.03. The topological polar surface area (TPSA) is 17.8 Å². The first-order chi connectivity index (χ1) is 6.24. The molecule has 0 saturated heterocycles. The molecule has 0 aliphatic heterocycles. The number of unbranched alkanes of at least 4 members (excludes halogenated alkanes) is 1. The lowest BCUT2D eigenvalue weighted by atomic mass is 10.1. The molecule has 0 fully saturated rings. The van der Waals surface area contributed by atoms with Crippen molar-refractivity contribution in [1.29, 1.82) is 0 Å². The van der Waals surface area contributed by atoms with Crippen molar-refractivity contribution in [2.75, 3.05) is 0 Å². The van der Waals surface area contributed by atoms with Crippen LogP contribution in [0.3, 0.4) is 0 Å². The van der Waals surface area contributed by atoms with Crippen LogP contribution in [-0.2, 0) is 13.0 Å². The quantitative estimate of drug-likeness (QED) is 0.679. The fourth-order valence-corrected chi connectivity index (χ4v) is 1.40. The smallest absolute Gasteiger partial charge is 0.113 e. The van der Waals surface area contributed by atoms with Crippen LogP contribution in [0.4, 0.5) is 0 Å². The monoisotopic (exact) mass is 179 g/mol. The highest BCUT2D eigenvalue weighted by atomic mass is 15.3. The number of aromatic nitrogens is 2. The average molecular weight is 179 g/mol. The van der Waals surface area contributed by atoms with E-state index in [-0.39, 0.29) is 0 Å². The molecule has 0 bridgehead atoms. The van der Waals surface area contributed by atoms with Crippen LogP contribution in [0.25, 0.3) is 0 Å². The van der Waals surface area contributed by atoms with E-state index >= 15 is 0 Å². The molecular weight excluding hydrogens is 160 g/mol. The molecule has 1 aromatic heterocycles. The van der Waals surface area contributed by atoms with Crippen LogP contribution in [0.15, 0.2) is 6.07 Å². The standard InChI is InChI=1S/C11H19N2/c1-4-5-8-13-11(6-7-12-13)9-10(2)3/h6,10H,4-5,8-9H2,1-3H3. The van der Waals surface area contributed by atoms with Gasteiger partial charge in [0, 0.05) is 12.2 Å². The van der Waals surface area contributed by atoms with Gasteiger partial charge in [0.2, 0.25) is 0 Å². The molecule has 1 heterocycles. The van der Waals surface area contributed by atoms with Crippen LogP contribution >= 0.6 is 0 Å². The van der Waals surface area contributed by atoms with Gasteiger partial charge in [0.1, 0.15) is 6.20 Å². The van der Waals surface area contributed by atoms with Crippen molar-refractivity contribution in [3.05, 3.63) is 18.0 Å². The molecule has 13 heavy (non-hydrogen) atoms. The summed E-state index contributed by atoms with van der Waals surface area (Å²) in [6.45, 7) is 7.71. The lowest BCUT2D eigenvalue weighted by Gasteiger charge is -2.08. The number of hydrogen-bond acceptors (Lipinski definition) is 1. The minimum absolute atomic E-state index is 0.700. The van der Waals surface area contributed by atoms with Crippen molar-refractivity contribution in [3.63, 3.8) is 0 Å². The van der Waals surface area contributed by atoms with Gasteiger partial charge in [-0.05, 0) is 24.8 Å². The lowest BCUT2D eigenvalue weighted by Crippen LogP contribution is -2.07. The molecule has 73 valence electrons. The van der Waals surface area contributed by atoms with Gasteiger partial charge in [-0.2, -0.15) is 5.10 Å². The first-order valence-corrected chi connectivity index (χ1v) is 5.16. The molecule has 0 saturated carbocycles. The van der Waals surface area contributed by atoms with E-state index in [2.05, 4.69) is 36.7 Å². The van der Waals surface area contributed by atoms with Crippen molar-refractivity contribution in [1.82, 2.24) is 9.78 Å². The van der Waals surface area contributed by atoms with Crippen molar-refractivity contribution in [2.24, 2.45) is 5.92 Å². The number of rotatable bonds is 5. The summed E-state index contributed by atoms with van der Waals surface area (Å²) in [5.74, 6) is 0.700. The summed E-state index contributed by atoms with van der Waals surface area (Å²) in [6.07, 6.45) is 6.47. The summed E-state index contributed by atoms with van der Waals surface area (Å²) in [7, 11) is 0. The number of aryl methyl sites for hydroxylation is 1. The van der Waals surface area contributed by atoms with Gasteiger partial charge in [0.05, 0.1) is 0 Å². The number of nitrogens with zero attached hydrogens (tertiary/aromatic N) is 2. The molecule has 2 heteroatoms. The Balaban J connectivity index is 2.55. The maximum atomic E-state index is 4.20. The molecule has 0 aromatic carbocycles. The Bertz CT molecular complexity index is 238. The molecule has 0 spiro atoms. The van der Waals surface area contributed by atoms with Gasteiger partial charge in [-0.15, -0.1) is 0 Å². The second-order valence-electron chi connectivity index (χ2n) is 3.94. The fraction of sp³-hybridized carbons (Fsp3) is 0.727. The Kier molecular flexibility index (Phi) is 4.00. The van der Waals surface area contributed by atoms with E-state index in [0.717, 1.165) is 13.0 Å². The molecule has 0 aliphatic carbocycles. The second kappa shape index (κ2) is 5.05. The third-order valence-electron chi connectivity index (χ3n) is 2.08. The van der Waals surface area contributed by atoms with E-state index in [0.29, 0.717) is 5.92 Å². The summed E-state index contributed by atoms with van der Waals surface area (Å²) in [4.78, 5) is 0. The van der Waals surface area contributed by atoms with E-state index in [1.165, 1.54) is 18.5 Å². The third kappa shape index (κ3) is 3.21. The average Bonchev–Trinajstić information content (AvgIpc) is 2.48. The summed E-state index contributed by atoms with van der Waals surface area (Å²) in [5, 5.41) is 4.20. The summed E-state index contributed by atoms with van der Waals surface area (Å²) < 4.78 is 2.09. The Morgan fingerprint density at radius 1 is 1.54 bits per heavy atom. The van der Waals surface area contributed by atoms with Gasteiger partial charge in [-0.25, -0.2) is 0 Å². The van der Waals surface area contributed by atoms with Crippen LogP contribution in [-0.4, -0.2) is 9.78 Å². The molecular formula is C11H19N2. The fourth-order valence-electron chi connectivity index (χ4n) is 1.40. The van der Waals surface area contributed by atoms with Crippen LogP contribution in [0, 0.1) is 12.1 Å². The Hall–Kier alpha value is -0.790. The van der Waals surface area contributed by atoms with Gasteiger partial charge < -0.3 is 0 Å². The van der Waals surface area contributed by atoms with Gasteiger partial charge >= 0.3 is 0 Å². The van der Waals surface area contributed by atoms with Gasteiger partial charge in [-0.1, -0.05) is 27.2 Å². The minimum atomic E-state index is 0.700. The zero-order valence-electron chi connectivity index (χ0n) is 8.88. The predicted molar refractivity (Wildman–Crippen MR) is 54.5 cm³/mol. The molecule has 0 N–H and O–H groups in total. The van der Waals surface area contributed by atoms with Crippen LogP contribution in [0.1, 0.15) is 39.3 Å². The predicted octanol–water partition coefficient (Wildman–Crippen LogP) is 2.68. The summed E-state index contributed by atoms with van der Waals surface area (Å²) in [6, 6.07) is 2.01. The minimum Gasteiger partial charge on any atom is -0.269 e. The van der Waals surface area contributed by atoms with E-state index in [1.54, 1.807) is 0 Å². The molecule has 0 amide bonds. The lowest BCUT2D eigenvalue weighted by molar-refractivity contribution is 0.521. The molecule has 0 unspecified atom stereocenters. The maximum Gasteiger partial charge on any atom is 0.113 e. The Morgan fingerprint density at radius 2 is 2.31 bits per heavy atom. The van der Waals surface area contributed by atoms with Crippen molar-refractivity contribution in [2.45, 2.75) is 46.6 Å². The molecule has 0 aliphatic rings. The van der Waals surface area contributed by atoms with Gasteiger partial charge in [0.25, 0.3) is 0 Å². The van der Waals surface area contributed by atoms with Crippen LogP contribution in [0.2, 0.25) is 0 Å². The van der Waals surface area contributed by atoms with E-state index in [9.17, 15) is 0 Å². The van der Waals surface area contributed by atoms with Crippen LogP contribution in [0.5, 0.6) is 0 Å². The molecule has 1 rings (SSSR count). The van der Waals surface area contributed by atoms with Crippen molar-refractivity contribution < 1.29 is 0 Å². The van der Waals surface area contributed by atoms with E-state index in [4.69, 9.17) is 0 Å². The first-order valence-electron chi connectivity index (χ1n) is 5.16. The molecule has 1 radical (unpaired) electrons. The zero-order valence-corrected chi connectivity index (χ0v) is 8.88. The summed E-state index contributed by atoms with van der Waals surface area (Å²) >= 11 is 0. The van der Waals surface area contributed by atoms with Gasteiger partial charge in [-0.3, -0.25) is 4.68 Å². The SMILES string of the molecule is CCCCn1n[c]cc1CC(C)C.